The third-order valence-corrected chi connectivity index (χ3v) is 4.62. The molecular weight excluding hydrogens is 357 g/mol. The molecule has 1 rings (SSSR count). The molecule has 0 unspecified atom stereocenters. The van der Waals surface area contributed by atoms with E-state index in [1.54, 1.807) is 0 Å². The van der Waals surface area contributed by atoms with Crippen molar-refractivity contribution in [2.75, 3.05) is 30.2 Å². The summed E-state index contributed by atoms with van der Waals surface area (Å²) in [5.74, 6) is -0.522. The monoisotopic (exact) mass is 380 g/mol. The topological polar surface area (TPSA) is 57.7 Å². The molecule has 25 heavy (non-hydrogen) atoms. The number of nitrogens with zero attached hydrogens (tertiary/aromatic N) is 2. The van der Waals surface area contributed by atoms with Crippen LogP contribution in [0.4, 0.5) is 18.9 Å². The fourth-order valence-corrected chi connectivity index (χ4v) is 3.30. The van der Waals surface area contributed by atoms with E-state index in [1.165, 1.54) is 17.0 Å². The van der Waals surface area contributed by atoms with E-state index >= 15 is 0 Å². The number of carbonyl (C=O) groups excluding carboxylic acids is 1. The zero-order valence-electron chi connectivity index (χ0n) is 14.5. The van der Waals surface area contributed by atoms with Crippen molar-refractivity contribution >= 4 is 21.6 Å². The summed E-state index contributed by atoms with van der Waals surface area (Å²) in [6.45, 7) is 3.91. The van der Waals surface area contributed by atoms with Crippen LogP contribution in [0.2, 0.25) is 0 Å². The summed E-state index contributed by atoms with van der Waals surface area (Å²) in [6, 6.07) is 4.34. The van der Waals surface area contributed by atoms with Crippen molar-refractivity contribution in [2.45, 2.75) is 32.9 Å². The molecule has 0 bridgehead atoms. The molecule has 0 aliphatic carbocycles. The zero-order valence-corrected chi connectivity index (χ0v) is 15.3. The molecule has 1 aromatic rings. The molecule has 1 aromatic carbocycles. The Morgan fingerprint density at radius 2 is 1.60 bits per heavy atom. The van der Waals surface area contributed by atoms with Crippen LogP contribution >= 0.6 is 0 Å². The molecule has 0 N–H and O–H groups in total. The molecule has 1 amide bonds. The molecule has 0 saturated carbocycles. The van der Waals surface area contributed by atoms with Crippen molar-refractivity contribution < 1.29 is 26.4 Å². The van der Waals surface area contributed by atoms with E-state index in [0.717, 1.165) is 18.4 Å². The molecule has 0 aliphatic heterocycles. The van der Waals surface area contributed by atoms with Gasteiger partial charge in [0.25, 0.3) is 0 Å². The molecule has 142 valence electrons. The number of hydrogen-bond acceptors (Lipinski definition) is 3. The maximum absolute atomic E-state index is 13.2. The quantitative estimate of drug-likeness (QED) is 0.696. The average Bonchev–Trinajstić information content (AvgIpc) is 2.50. The standard InChI is InChI=1S/C16H23F3N2O3S/c1-4-10-20(11-5-2)15(22)12-21(25(3,23)24)14-9-7-6-8-13(14)16(17,18)19/h6-9H,4-5,10-12H2,1-3H3. The molecule has 0 aliphatic rings. The van der Waals surface area contributed by atoms with Gasteiger partial charge < -0.3 is 4.90 Å². The summed E-state index contributed by atoms with van der Waals surface area (Å²) in [6.07, 6.45) is -2.60. The number of benzene rings is 1. The largest absolute Gasteiger partial charge is 0.418 e. The summed E-state index contributed by atoms with van der Waals surface area (Å²) in [5, 5.41) is 0. The predicted molar refractivity (Wildman–Crippen MR) is 90.8 cm³/mol. The highest BCUT2D eigenvalue weighted by Crippen LogP contribution is 2.37. The van der Waals surface area contributed by atoms with Crippen LogP contribution in [0.3, 0.4) is 0 Å². The number of sulfonamides is 1. The summed E-state index contributed by atoms with van der Waals surface area (Å²) >= 11 is 0. The second-order valence-corrected chi connectivity index (χ2v) is 7.57. The Balaban J connectivity index is 3.28. The van der Waals surface area contributed by atoms with Gasteiger partial charge in [-0.15, -0.1) is 0 Å². The number of amides is 1. The van der Waals surface area contributed by atoms with E-state index < -0.39 is 39.9 Å². The smallest absolute Gasteiger partial charge is 0.341 e. The summed E-state index contributed by atoms with van der Waals surface area (Å²) in [4.78, 5) is 13.9. The highest BCUT2D eigenvalue weighted by molar-refractivity contribution is 7.92. The minimum Gasteiger partial charge on any atom is -0.341 e. The second kappa shape index (κ2) is 8.55. The molecule has 9 heteroatoms. The van der Waals surface area contributed by atoms with Crippen LogP contribution in [0.1, 0.15) is 32.3 Å². The van der Waals surface area contributed by atoms with Gasteiger partial charge in [-0.2, -0.15) is 13.2 Å². The molecule has 0 heterocycles. The third kappa shape index (κ3) is 5.91. The first kappa shape index (κ1) is 21.3. The van der Waals surface area contributed by atoms with E-state index in [2.05, 4.69) is 0 Å². The van der Waals surface area contributed by atoms with E-state index in [0.29, 0.717) is 30.2 Å². The van der Waals surface area contributed by atoms with Crippen LogP contribution in [0.5, 0.6) is 0 Å². The molecule has 0 atom stereocenters. The van der Waals surface area contributed by atoms with Crippen LogP contribution in [-0.4, -0.2) is 45.1 Å². The Kier molecular flexibility index (Phi) is 7.28. The molecular formula is C16H23F3N2O3S. The number of para-hydroxylation sites is 1. The molecule has 5 nitrogen and oxygen atoms in total. The number of carbonyl (C=O) groups is 1. The lowest BCUT2D eigenvalue weighted by molar-refractivity contribution is -0.137. The predicted octanol–water partition coefficient (Wildman–Crippen LogP) is 3.12. The van der Waals surface area contributed by atoms with Crippen LogP contribution in [0, 0.1) is 0 Å². The number of anilines is 1. The molecule has 0 fully saturated rings. The first-order chi connectivity index (χ1) is 11.5. The molecule has 0 radical (unpaired) electrons. The molecule has 0 aromatic heterocycles. The van der Waals surface area contributed by atoms with E-state index in [4.69, 9.17) is 0 Å². The van der Waals surface area contributed by atoms with Crippen molar-refractivity contribution in [1.29, 1.82) is 0 Å². The first-order valence-corrected chi connectivity index (χ1v) is 9.78. The van der Waals surface area contributed by atoms with Crippen molar-refractivity contribution in [3.05, 3.63) is 29.8 Å². The Morgan fingerprint density at radius 1 is 1.08 bits per heavy atom. The first-order valence-electron chi connectivity index (χ1n) is 7.94. The number of hydrogen-bond donors (Lipinski definition) is 0. The average molecular weight is 380 g/mol. The van der Waals surface area contributed by atoms with Crippen molar-refractivity contribution in [2.24, 2.45) is 0 Å². The lowest BCUT2D eigenvalue weighted by Gasteiger charge is -2.28. The highest BCUT2D eigenvalue weighted by Gasteiger charge is 2.37. The molecule has 0 spiro atoms. The third-order valence-electron chi connectivity index (χ3n) is 3.50. The fraction of sp³-hybridized carbons (Fsp3) is 0.562. The van der Waals surface area contributed by atoms with Gasteiger partial charge in [-0.1, -0.05) is 26.0 Å². The van der Waals surface area contributed by atoms with E-state index in [-0.39, 0.29) is 0 Å². The zero-order chi connectivity index (χ0) is 19.3. The lowest BCUT2D eigenvalue weighted by atomic mass is 10.1. The van der Waals surface area contributed by atoms with Gasteiger partial charge in [0, 0.05) is 13.1 Å². The van der Waals surface area contributed by atoms with Gasteiger partial charge in [-0.3, -0.25) is 9.10 Å². The summed E-state index contributed by atoms with van der Waals surface area (Å²) < 4.78 is 64.3. The van der Waals surface area contributed by atoms with Gasteiger partial charge in [0.05, 0.1) is 17.5 Å². The van der Waals surface area contributed by atoms with Gasteiger partial charge in [0.1, 0.15) is 6.54 Å². The SMILES string of the molecule is CCCN(CCC)C(=O)CN(c1ccccc1C(F)(F)F)S(C)(=O)=O. The van der Waals surface area contributed by atoms with Crippen molar-refractivity contribution in [3.8, 4) is 0 Å². The normalized spacial score (nSPS) is 12.1. The van der Waals surface area contributed by atoms with Gasteiger partial charge in [-0.05, 0) is 25.0 Å². The Labute approximate surface area is 146 Å². The molecule has 0 saturated heterocycles. The number of halogens is 3. The minimum absolute atomic E-state index is 0.422. The Bertz CT molecular complexity index is 684. The van der Waals surface area contributed by atoms with Crippen LogP contribution < -0.4 is 4.31 Å². The van der Waals surface area contributed by atoms with Crippen molar-refractivity contribution in [1.82, 2.24) is 4.90 Å². The number of rotatable bonds is 8. The summed E-state index contributed by atoms with van der Waals surface area (Å²) in [5.41, 5.74) is -1.63. The van der Waals surface area contributed by atoms with Crippen molar-refractivity contribution in [3.63, 3.8) is 0 Å². The van der Waals surface area contributed by atoms with Crippen LogP contribution in [-0.2, 0) is 21.0 Å². The lowest BCUT2D eigenvalue weighted by Crippen LogP contribution is -2.43. The van der Waals surface area contributed by atoms with Gasteiger partial charge in [0.15, 0.2) is 0 Å². The number of alkyl halides is 3. The van der Waals surface area contributed by atoms with Gasteiger partial charge >= 0.3 is 6.18 Å². The Morgan fingerprint density at radius 3 is 2.04 bits per heavy atom. The van der Waals surface area contributed by atoms with Crippen LogP contribution in [0.25, 0.3) is 0 Å². The second-order valence-electron chi connectivity index (χ2n) is 5.67. The minimum atomic E-state index is -4.73. The van der Waals surface area contributed by atoms with E-state index in [9.17, 15) is 26.4 Å². The Hall–Kier alpha value is -1.77. The van der Waals surface area contributed by atoms with E-state index in [1.807, 2.05) is 13.8 Å². The van der Waals surface area contributed by atoms with Gasteiger partial charge in [-0.25, -0.2) is 8.42 Å². The summed E-state index contributed by atoms with van der Waals surface area (Å²) in [7, 11) is -4.07. The maximum Gasteiger partial charge on any atom is 0.418 e. The maximum atomic E-state index is 13.2. The highest BCUT2D eigenvalue weighted by atomic mass is 32.2. The van der Waals surface area contributed by atoms with Crippen LogP contribution in [0.15, 0.2) is 24.3 Å². The fourth-order valence-electron chi connectivity index (χ4n) is 2.44. The van der Waals surface area contributed by atoms with Gasteiger partial charge in [0.2, 0.25) is 15.9 Å².